The molecule has 0 bridgehead atoms. The summed E-state index contributed by atoms with van der Waals surface area (Å²) in [7, 11) is 0. The number of para-hydroxylation sites is 1. The highest BCUT2D eigenvalue weighted by atomic mass is 16.5. The van der Waals surface area contributed by atoms with E-state index < -0.39 is 0 Å². The summed E-state index contributed by atoms with van der Waals surface area (Å²) in [6.07, 6.45) is 0. The third-order valence-electron chi connectivity index (χ3n) is 5.51. The number of amides is 3. The Bertz CT molecular complexity index is 1160. The van der Waals surface area contributed by atoms with Gasteiger partial charge in [0.15, 0.2) is 0 Å². The minimum Gasteiger partial charge on any atom is -0.494 e. The van der Waals surface area contributed by atoms with E-state index in [0.717, 1.165) is 22.7 Å². The second-order valence-corrected chi connectivity index (χ2v) is 9.31. The fourth-order valence-corrected chi connectivity index (χ4v) is 3.51. The number of rotatable bonds is 8. The number of urea groups is 1. The van der Waals surface area contributed by atoms with Gasteiger partial charge in [0.25, 0.3) is 0 Å². The van der Waals surface area contributed by atoms with Gasteiger partial charge in [-0.05, 0) is 56.7 Å². The van der Waals surface area contributed by atoms with Gasteiger partial charge in [-0.1, -0.05) is 39.0 Å². The van der Waals surface area contributed by atoms with Crippen molar-refractivity contribution in [2.24, 2.45) is 0 Å². The summed E-state index contributed by atoms with van der Waals surface area (Å²) in [5.41, 5.74) is 3.22. The van der Waals surface area contributed by atoms with Crippen LogP contribution in [0.15, 0.2) is 54.6 Å². The van der Waals surface area contributed by atoms with Gasteiger partial charge in [0.2, 0.25) is 5.91 Å². The molecule has 1 aromatic heterocycles. The number of carbonyl (C=O) groups is 2. The Morgan fingerprint density at radius 3 is 2.31 bits per heavy atom. The quantitative estimate of drug-likeness (QED) is 0.457. The van der Waals surface area contributed by atoms with E-state index in [4.69, 9.17) is 9.84 Å². The monoisotopic (exact) mass is 477 g/mol. The standard InChI is InChI=1S/C27H35N5O3/c1-7-31(26(34)28-20-13-15-21(16-14-20)35-8-2)18-25(33)29-24-17-23(27(4,5)6)30-32(24)22-12-10-9-11-19(22)3/h9-17H,7-8,18H2,1-6H3,(H,28,34)(H,29,33). The van der Waals surface area contributed by atoms with Gasteiger partial charge < -0.3 is 20.3 Å². The van der Waals surface area contributed by atoms with Crippen LogP contribution in [0.1, 0.15) is 45.9 Å². The molecule has 0 aliphatic rings. The normalized spacial score (nSPS) is 11.1. The Labute approximate surface area is 207 Å². The van der Waals surface area contributed by atoms with E-state index in [1.54, 1.807) is 28.9 Å². The van der Waals surface area contributed by atoms with Gasteiger partial charge in [0.05, 0.1) is 18.0 Å². The number of anilines is 2. The Balaban J connectivity index is 1.74. The van der Waals surface area contributed by atoms with E-state index in [1.165, 1.54) is 4.90 Å². The smallest absolute Gasteiger partial charge is 0.322 e. The zero-order valence-electron chi connectivity index (χ0n) is 21.4. The van der Waals surface area contributed by atoms with E-state index in [2.05, 4.69) is 31.4 Å². The average Bonchev–Trinajstić information content (AvgIpc) is 3.23. The summed E-state index contributed by atoms with van der Waals surface area (Å²) in [6.45, 7) is 12.8. The van der Waals surface area contributed by atoms with Gasteiger partial charge in [-0.25, -0.2) is 9.48 Å². The van der Waals surface area contributed by atoms with Crippen molar-refractivity contribution in [1.82, 2.24) is 14.7 Å². The molecule has 8 nitrogen and oxygen atoms in total. The fourth-order valence-electron chi connectivity index (χ4n) is 3.51. The van der Waals surface area contributed by atoms with Crippen LogP contribution < -0.4 is 15.4 Å². The van der Waals surface area contributed by atoms with Gasteiger partial charge in [0.1, 0.15) is 18.1 Å². The number of nitrogens with zero attached hydrogens (tertiary/aromatic N) is 3. The van der Waals surface area contributed by atoms with E-state index in [-0.39, 0.29) is 23.9 Å². The molecule has 2 N–H and O–H groups in total. The minimum atomic E-state index is -0.352. The summed E-state index contributed by atoms with van der Waals surface area (Å²) in [5, 5.41) is 10.6. The Morgan fingerprint density at radius 1 is 1.03 bits per heavy atom. The number of hydrogen-bond donors (Lipinski definition) is 2. The maximum atomic E-state index is 13.0. The molecule has 3 aromatic rings. The molecular formula is C27H35N5O3. The molecule has 0 radical (unpaired) electrons. The van der Waals surface area contributed by atoms with Crippen molar-refractivity contribution in [2.75, 3.05) is 30.3 Å². The summed E-state index contributed by atoms with van der Waals surface area (Å²) < 4.78 is 7.19. The number of carbonyl (C=O) groups excluding carboxylic acids is 2. The lowest BCUT2D eigenvalue weighted by Crippen LogP contribution is -2.40. The highest BCUT2D eigenvalue weighted by molar-refractivity contribution is 5.96. The number of benzene rings is 2. The lowest BCUT2D eigenvalue weighted by atomic mass is 9.92. The van der Waals surface area contributed by atoms with Crippen LogP contribution in [0.25, 0.3) is 5.69 Å². The molecule has 35 heavy (non-hydrogen) atoms. The predicted octanol–water partition coefficient (Wildman–Crippen LogP) is 5.37. The molecule has 3 rings (SSSR count). The first-order valence-corrected chi connectivity index (χ1v) is 11.9. The summed E-state index contributed by atoms with van der Waals surface area (Å²) in [6, 6.07) is 16.5. The predicted molar refractivity (Wildman–Crippen MR) is 140 cm³/mol. The highest BCUT2D eigenvalue weighted by Crippen LogP contribution is 2.27. The van der Waals surface area contributed by atoms with E-state index in [0.29, 0.717) is 24.7 Å². The zero-order chi connectivity index (χ0) is 25.6. The number of likely N-dealkylation sites (N-methyl/N-ethyl adjacent to an activating group) is 1. The third-order valence-corrected chi connectivity index (χ3v) is 5.51. The van der Waals surface area contributed by atoms with Crippen molar-refractivity contribution in [3.63, 3.8) is 0 Å². The first-order valence-electron chi connectivity index (χ1n) is 11.9. The van der Waals surface area contributed by atoms with Crippen LogP contribution in [0, 0.1) is 6.92 Å². The van der Waals surface area contributed by atoms with Gasteiger partial charge in [-0.2, -0.15) is 5.10 Å². The number of aromatic nitrogens is 2. The molecule has 1 heterocycles. The average molecular weight is 478 g/mol. The van der Waals surface area contributed by atoms with Crippen LogP contribution in [-0.4, -0.2) is 46.3 Å². The second kappa shape index (κ2) is 11.1. The van der Waals surface area contributed by atoms with E-state index in [9.17, 15) is 9.59 Å². The summed E-state index contributed by atoms with van der Waals surface area (Å²) in [5.74, 6) is 0.998. The lowest BCUT2D eigenvalue weighted by Gasteiger charge is -2.21. The van der Waals surface area contributed by atoms with Crippen molar-refractivity contribution >= 4 is 23.4 Å². The van der Waals surface area contributed by atoms with Crippen molar-refractivity contribution in [3.8, 4) is 11.4 Å². The van der Waals surface area contributed by atoms with Gasteiger partial charge in [-0.15, -0.1) is 0 Å². The second-order valence-electron chi connectivity index (χ2n) is 9.31. The summed E-state index contributed by atoms with van der Waals surface area (Å²) >= 11 is 0. The summed E-state index contributed by atoms with van der Waals surface area (Å²) in [4.78, 5) is 27.2. The molecule has 0 aliphatic heterocycles. The van der Waals surface area contributed by atoms with E-state index >= 15 is 0 Å². The molecule has 0 saturated heterocycles. The van der Waals surface area contributed by atoms with E-state index in [1.807, 2.05) is 51.1 Å². The molecule has 0 atom stereocenters. The van der Waals surface area contributed by atoms with Crippen LogP contribution in [0.4, 0.5) is 16.3 Å². The maximum Gasteiger partial charge on any atom is 0.322 e. The molecule has 0 unspecified atom stereocenters. The number of aryl methyl sites for hydroxylation is 1. The lowest BCUT2D eigenvalue weighted by molar-refractivity contribution is -0.116. The fraction of sp³-hybridized carbons (Fsp3) is 0.370. The molecule has 0 spiro atoms. The van der Waals surface area contributed by atoms with Gasteiger partial charge in [0, 0.05) is 23.7 Å². The van der Waals surface area contributed by atoms with Crippen LogP contribution in [0.2, 0.25) is 0 Å². The SMILES string of the molecule is CCOc1ccc(NC(=O)N(CC)CC(=O)Nc2cc(C(C)(C)C)nn2-c2ccccc2C)cc1. The van der Waals surface area contributed by atoms with Crippen molar-refractivity contribution in [3.05, 3.63) is 65.9 Å². The van der Waals surface area contributed by atoms with Crippen LogP contribution >= 0.6 is 0 Å². The maximum absolute atomic E-state index is 13.0. The Kier molecular flexibility index (Phi) is 8.17. The number of nitrogens with one attached hydrogen (secondary N) is 2. The molecule has 3 amide bonds. The van der Waals surface area contributed by atoms with Crippen LogP contribution in [0.5, 0.6) is 5.75 Å². The van der Waals surface area contributed by atoms with Crippen LogP contribution in [-0.2, 0) is 10.2 Å². The Hall–Kier alpha value is -3.81. The molecule has 0 saturated carbocycles. The first-order chi connectivity index (χ1) is 16.6. The first kappa shape index (κ1) is 25.8. The molecule has 186 valence electrons. The zero-order valence-corrected chi connectivity index (χ0v) is 21.4. The molecule has 2 aromatic carbocycles. The highest BCUT2D eigenvalue weighted by Gasteiger charge is 2.23. The molecule has 8 heteroatoms. The largest absolute Gasteiger partial charge is 0.494 e. The van der Waals surface area contributed by atoms with Crippen molar-refractivity contribution in [2.45, 2.75) is 47.0 Å². The van der Waals surface area contributed by atoms with Gasteiger partial charge in [-0.3, -0.25) is 4.79 Å². The Morgan fingerprint density at radius 2 is 1.71 bits per heavy atom. The number of ether oxygens (including phenoxy) is 1. The minimum absolute atomic E-state index is 0.0941. The number of hydrogen-bond acceptors (Lipinski definition) is 4. The topological polar surface area (TPSA) is 88.5 Å². The molecule has 0 aliphatic carbocycles. The molecule has 0 fully saturated rings. The van der Waals surface area contributed by atoms with Crippen molar-refractivity contribution in [1.29, 1.82) is 0 Å². The van der Waals surface area contributed by atoms with Crippen molar-refractivity contribution < 1.29 is 14.3 Å². The van der Waals surface area contributed by atoms with Crippen LogP contribution in [0.3, 0.4) is 0 Å². The third kappa shape index (κ3) is 6.62. The molecular weight excluding hydrogens is 442 g/mol. The van der Waals surface area contributed by atoms with Gasteiger partial charge >= 0.3 is 6.03 Å².